The molecule has 1 saturated carbocycles. The Morgan fingerprint density at radius 3 is 2.43 bits per heavy atom. The van der Waals surface area contributed by atoms with E-state index in [1.807, 2.05) is 7.05 Å². The number of anilines is 3. The summed E-state index contributed by atoms with van der Waals surface area (Å²) in [4.78, 5) is 15.7. The summed E-state index contributed by atoms with van der Waals surface area (Å²) in [6, 6.07) is 0.489. The molecule has 21 heavy (non-hydrogen) atoms. The van der Waals surface area contributed by atoms with Gasteiger partial charge in [0.2, 0.25) is 17.8 Å². The average molecular weight is 292 g/mol. The fourth-order valence-corrected chi connectivity index (χ4v) is 2.88. The first-order valence-corrected chi connectivity index (χ1v) is 7.88. The number of nitrogens with one attached hydrogen (secondary N) is 2. The van der Waals surface area contributed by atoms with Crippen LogP contribution in [-0.4, -0.2) is 54.3 Å². The maximum Gasteiger partial charge on any atom is 0.232 e. The smallest absolute Gasteiger partial charge is 0.232 e. The lowest BCUT2D eigenvalue weighted by Crippen LogP contribution is -2.37. The molecule has 7 heteroatoms. The highest BCUT2D eigenvalue weighted by atomic mass is 16.5. The number of rotatable bonds is 4. The molecule has 2 heterocycles. The summed E-state index contributed by atoms with van der Waals surface area (Å²) < 4.78 is 5.39. The SMILES string of the molecule is CNc1nc(NC2CCCCC2)nc(N2CCOCC2)n1. The minimum Gasteiger partial charge on any atom is -0.378 e. The van der Waals surface area contributed by atoms with Crippen LogP contribution in [0.25, 0.3) is 0 Å². The Balaban J connectivity index is 1.75. The molecule has 116 valence electrons. The van der Waals surface area contributed by atoms with E-state index in [0.717, 1.165) is 32.3 Å². The first kappa shape index (κ1) is 14.3. The van der Waals surface area contributed by atoms with E-state index in [2.05, 4.69) is 30.5 Å². The zero-order chi connectivity index (χ0) is 14.5. The van der Waals surface area contributed by atoms with Gasteiger partial charge in [0.1, 0.15) is 0 Å². The third-order valence-corrected chi connectivity index (χ3v) is 4.08. The van der Waals surface area contributed by atoms with Crippen LogP contribution in [0.2, 0.25) is 0 Å². The molecular weight excluding hydrogens is 268 g/mol. The second-order valence-corrected chi connectivity index (χ2v) is 5.61. The maximum absolute atomic E-state index is 5.39. The predicted molar refractivity (Wildman–Crippen MR) is 82.9 cm³/mol. The molecule has 0 spiro atoms. The van der Waals surface area contributed by atoms with Gasteiger partial charge in [-0.15, -0.1) is 0 Å². The Labute approximate surface area is 125 Å². The van der Waals surface area contributed by atoms with Crippen LogP contribution in [0.3, 0.4) is 0 Å². The molecular formula is C14H24N6O. The van der Waals surface area contributed by atoms with Crippen molar-refractivity contribution in [2.75, 3.05) is 48.9 Å². The highest BCUT2D eigenvalue weighted by Gasteiger charge is 2.18. The number of ether oxygens (including phenoxy) is 1. The maximum atomic E-state index is 5.39. The van der Waals surface area contributed by atoms with Crippen molar-refractivity contribution in [1.29, 1.82) is 0 Å². The number of aromatic nitrogens is 3. The van der Waals surface area contributed by atoms with E-state index in [1.165, 1.54) is 32.1 Å². The minimum absolute atomic E-state index is 0.489. The predicted octanol–water partition coefficient (Wildman–Crippen LogP) is 1.49. The van der Waals surface area contributed by atoms with Gasteiger partial charge in [0.25, 0.3) is 0 Å². The monoisotopic (exact) mass is 292 g/mol. The van der Waals surface area contributed by atoms with E-state index in [0.29, 0.717) is 17.9 Å². The van der Waals surface area contributed by atoms with Crippen molar-refractivity contribution >= 4 is 17.8 Å². The Bertz CT molecular complexity index is 457. The van der Waals surface area contributed by atoms with E-state index in [-0.39, 0.29) is 0 Å². The summed E-state index contributed by atoms with van der Waals surface area (Å²) in [5, 5.41) is 6.50. The van der Waals surface area contributed by atoms with E-state index in [9.17, 15) is 0 Å². The van der Waals surface area contributed by atoms with Crippen LogP contribution in [-0.2, 0) is 4.74 Å². The fourth-order valence-electron chi connectivity index (χ4n) is 2.88. The third kappa shape index (κ3) is 3.72. The first-order chi connectivity index (χ1) is 10.3. The molecule has 0 unspecified atom stereocenters. The molecule has 1 aliphatic heterocycles. The quantitative estimate of drug-likeness (QED) is 0.871. The van der Waals surface area contributed by atoms with E-state index < -0.39 is 0 Å². The summed E-state index contributed by atoms with van der Waals surface area (Å²) in [6.45, 7) is 3.12. The van der Waals surface area contributed by atoms with E-state index in [1.54, 1.807) is 0 Å². The molecule has 0 amide bonds. The van der Waals surface area contributed by atoms with Gasteiger partial charge >= 0.3 is 0 Å². The number of nitrogens with zero attached hydrogens (tertiary/aromatic N) is 4. The van der Waals surface area contributed by atoms with Crippen molar-refractivity contribution in [1.82, 2.24) is 15.0 Å². The van der Waals surface area contributed by atoms with E-state index >= 15 is 0 Å². The van der Waals surface area contributed by atoms with E-state index in [4.69, 9.17) is 4.74 Å². The van der Waals surface area contributed by atoms with Crippen LogP contribution >= 0.6 is 0 Å². The molecule has 3 rings (SSSR count). The van der Waals surface area contributed by atoms with Crippen LogP contribution < -0.4 is 15.5 Å². The van der Waals surface area contributed by atoms with Crippen LogP contribution in [0.4, 0.5) is 17.8 Å². The van der Waals surface area contributed by atoms with Gasteiger partial charge in [0.05, 0.1) is 13.2 Å². The summed E-state index contributed by atoms with van der Waals surface area (Å²) >= 11 is 0. The van der Waals surface area contributed by atoms with Crippen molar-refractivity contribution in [3.63, 3.8) is 0 Å². The molecule has 0 atom stereocenters. The van der Waals surface area contributed by atoms with Gasteiger partial charge in [-0.1, -0.05) is 19.3 Å². The van der Waals surface area contributed by atoms with Gasteiger partial charge in [-0.2, -0.15) is 15.0 Å². The second-order valence-electron chi connectivity index (χ2n) is 5.61. The summed E-state index contributed by atoms with van der Waals surface area (Å²) in [5.74, 6) is 2.03. The Hall–Kier alpha value is -1.63. The lowest BCUT2D eigenvalue weighted by Gasteiger charge is -2.28. The van der Waals surface area contributed by atoms with Crippen molar-refractivity contribution in [2.24, 2.45) is 0 Å². The molecule has 7 nitrogen and oxygen atoms in total. The van der Waals surface area contributed by atoms with Crippen molar-refractivity contribution < 1.29 is 4.74 Å². The molecule has 1 saturated heterocycles. The lowest BCUT2D eigenvalue weighted by atomic mass is 9.96. The zero-order valence-corrected chi connectivity index (χ0v) is 12.6. The molecule has 1 aliphatic carbocycles. The van der Waals surface area contributed by atoms with Gasteiger partial charge in [0.15, 0.2) is 0 Å². The van der Waals surface area contributed by atoms with Crippen molar-refractivity contribution in [3.05, 3.63) is 0 Å². The molecule has 2 aliphatic rings. The van der Waals surface area contributed by atoms with Gasteiger partial charge in [-0.25, -0.2) is 0 Å². The van der Waals surface area contributed by atoms with Crippen LogP contribution in [0.15, 0.2) is 0 Å². The van der Waals surface area contributed by atoms with Gasteiger partial charge in [-0.3, -0.25) is 0 Å². The standard InChI is InChI=1S/C14H24N6O/c1-15-12-17-13(16-11-5-3-2-4-6-11)19-14(18-12)20-7-9-21-10-8-20/h11H,2-10H2,1H3,(H2,15,16,17,18,19). The molecule has 0 bridgehead atoms. The number of morpholine rings is 1. The summed E-state index contributed by atoms with van der Waals surface area (Å²) in [5.41, 5.74) is 0. The minimum atomic E-state index is 0.489. The average Bonchev–Trinajstić information content (AvgIpc) is 2.56. The largest absolute Gasteiger partial charge is 0.378 e. The topological polar surface area (TPSA) is 75.2 Å². The van der Waals surface area contributed by atoms with Crippen molar-refractivity contribution in [3.8, 4) is 0 Å². The molecule has 1 aromatic rings. The van der Waals surface area contributed by atoms with Crippen molar-refractivity contribution in [2.45, 2.75) is 38.1 Å². The Morgan fingerprint density at radius 2 is 1.71 bits per heavy atom. The Kier molecular flexibility index (Phi) is 4.69. The van der Waals surface area contributed by atoms with Crippen LogP contribution in [0.1, 0.15) is 32.1 Å². The number of hydrogen-bond acceptors (Lipinski definition) is 7. The third-order valence-electron chi connectivity index (χ3n) is 4.08. The van der Waals surface area contributed by atoms with Gasteiger partial charge in [-0.05, 0) is 12.8 Å². The fraction of sp³-hybridized carbons (Fsp3) is 0.786. The second kappa shape index (κ2) is 6.89. The van der Waals surface area contributed by atoms with Crippen LogP contribution in [0.5, 0.6) is 0 Å². The normalized spacial score (nSPS) is 20.3. The molecule has 0 aromatic carbocycles. The Morgan fingerprint density at radius 1 is 1.00 bits per heavy atom. The molecule has 0 radical (unpaired) electrons. The highest BCUT2D eigenvalue weighted by molar-refractivity contribution is 5.44. The van der Waals surface area contributed by atoms with Crippen LogP contribution in [0, 0.1) is 0 Å². The molecule has 2 N–H and O–H groups in total. The summed E-state index contributed by atoms with van der Waals surface area (Å²) in [7, 11) is 1.84. The lowest BCUT2D eigenvalue weighted by molar-refractivity contribution is 0.122. The number of hydrogen-bond donors (Lipinski definition) is 2. The highest BCUT2D eigenvalue weighted by Crippen LogP contribution is 2.21. The molecule has 2 fully saturated rings. The first-order valence-electron chi connectivity index (χ1n) is 7.88. The van der Waals surface area contributed by atoms with Gasteiger partial charge in [0, 0.05) is 26.2 Å². The zero-order valence-electron chi connectivity index (χ0n) is 12.6. The molecule has 1 aromatic heterocycles. The summed E-state index contributed by atoms with van der Waals surface area (Å²) in [6.07, 6.45) is 6.33. The van der Waals surface area contributed by atoms with Gasteiger partial charge < -0.3 is 20.3 Å².